The lowest BCUT2D eigenvalue weighted by atomic mass is 10.1. The predicted molar refractivity (Wildman–Crippen MR) is 123 cm³/mol. The number of aliphatic hydroxyl groups excluding tert-OH is 1. The first-order valence-electron chi connectivity index (χ1n) is 10.9. The number of carbonyl (C=O) groups excluding carboxylic acids is 1. The third-order valence-electron chi connectivity index (χ3n) is 5.84. The summed E-state index contributed by atoms with van der Waals surface area (Å²) in [5, 5.41) is 21.1. The Hall–Kier alpha value is -3.65. The van der Waals surface area contributed by atoms with Gasteiger partial charge in [0.05, 0.1) is 23.9 Å². The van der Waals surface area contributed by atoms with Gasteiger partial charge in [0, 0.05) is 19.0 Å². The van der Waals surface area contributed by atoms with E-state index in [1.807, 2.05) is 36.4 Å². The van der Waals surface area contributed by atoms with Crippen LogP contribution in [0.15, 0.2) is 60.7 Å². The molecule has 1 aliphatic heterocycles. The SMILES string of the molecule is CN(C[C@H](O)c1cccc(OCc2ccc3ccccc3n2)c1)C(=O)N1CCC[C@H]1C(=O)O. The number of amides is 2. The zero-order chi connectivity index (χ0) is 23.4. The smallest absolute Gasteiger partial charge is 0.326 e. The fourth-order valence-corrected chi connectivity index (χ4v) is 4.07. The van der Waals surface area contributed by atoms with Gasteiger partial charge in [0.25, 0.3) is 0 Å². The second-order valence-corrected chi connectivity index (χ2v) is 8.23. The molecule has 1 aliphatic rings. The molecule has 0 bridgehead atoms. The number of likely N-dealkylation sites (tertiary alicyclic amines) is 1. The first kappa shape index (κ1) is 22.5. The number of benzene rings is 2. The molecule has 2 heterocycles. The average molecular weight is 450 g/mol. The highest BCUT2D eigenvalue weighted by molar-refractivity contribution is 5.83. The lowest BCUT2D eigenvalue weighted by Crippen LogP contribution is -2.47. The van der Waals surface area contributed by atoms with Crippen molar-refractivity contribution in [2.24, 2.45) is 0 Å². The van der Waals surface area contributed by atoms with Crippen LogP contribution in [0.2, 0.25) is 0 Å². The van der Waals surface area contributed by atoms with E-state index in [0.29, 0.717) is 30.7 Å². The van der Waals surface area contributed by atoms with Crippen molar-refractivity contribution in [3.63, 3.8) is 0 Å². The van der Waals surface area contributed by atoms with Crippen molar-refractivity contribution in [1.82, 2.24) is 14.8 Å². The van der Waals surface area contributed by atoms with Crippen molar-refractivity contribution in [3.05, 3.63) is 71.9 Å². The number of hydrogen-bond donors (Lipinski definition) is 2. The standard InChI is InChI=1S/C25H27N3O5/c1-27(25(32)28-13-5-10-22(28)24(30)31)15-23(29)18-7-4-8-20(14-18)33-16-19-12-11-17-6-2-3-9-21(17)26-19/h2-4,6-9,11-12,14,22-23,29H,5,10,13,15-16H2,1H3,(H,30,31)/t22-,23-/m0/s1. The number of carboxylic acid groups (broad SMARTS) is 1. The molecule has 0 unspecified atom stereocenters. The number of carboxylic acids is 1. The largest absolute Gasteiger partial charge is 0.487 e. The van der Waals surface area contributed by atoms with Gasteiger partial charge in [0.1, 0.15) is 18.4 Å². The highest BCUT2D eigenvalue weighted by Crippen LogP contribution is 2.23. The first-order chi connectivity index (χ1) is 15.9. The van der Waals surface area contributed by atoms with Crippen LogP contribution in [0.5, 0.6) is 5.75 Å². The molecular weight excluding hydrogens is 422 g/mol. The van der Waals surface area contributed by atoms with Crippen LogP contribution in [0.25, 0.3) is 10.9 Å². The van der Waals surface area contributed by atoms with E-state index in [2.05, 4.69) is 4.98 Å². The Kier molecular flexibility index (Phi) is 6.74. The summed E-state index contributed by atoms with van der Waals surface area (Å²) >= 11 is 0. The van der Waals surface area contributed by atoms with Gasteiger partial charge < -0.3 is 24.7 Å². The van der Waals surface area contributed by atoms with Gasteiger partial charge in [-0.3, -0.25) is 0 Å². The maximum absolute atomic E-state index is 12.7. The minimum atomic E-state index is -0.999. The van der Waals surface area contributed by atoms with Crippen LogP contribution in [0.4, 0.5) is 4.79 Å². The summed E-state index contributed by atoms with van der Waals surface area (Å²) in [6.07, 6.45) is 0.167. The quantitative estimate of drug-likeness (QED) is 0.573. The molecule has 8 heteroatoms. The molecule has 1 saturated heterocycles. The Morgan fingerprint density at radius 1 is 1.18 bits per heavy atom. The number of aliphatic carboxylic acids is 1. The van der Waals surface area contributed by atoms with E-state index >= 15 is 0 Å². The number of pyridine rings is 1. The molecule has 172 valence electrons. The van der Waals surface area contributed by atoms with Gasteiger partial charge in [-0.25, -0.2) is 14.6 Å². The summed E-state index contributed by atoms with van der Waals surface area (Å²) in [4.78, 5) is 31.4. The number of nitrogens with zero attached hydrogens (tertiary/aromatic N) is 3. The molecular formula is C25H27N3O5. The molecule has 2 aromatic carbocycles. The van der Waals surface area contributed by atoms with Crippen molar-refractivity contribution in [2.75, 3.05) is 20.1 Å². The maximum Gasteiger partial charge on any atom is 0.326 e. The van der Waals surface area contributed by atoms with E-state index in [9.17, 15) is 19.8 Å². The predicted octanol–water partition coefficient (Wildman–Crippen LogP) is 3.45. The van der Waals surface area contributed by atoms with E-state index < -0.39 is 24.1 Å². The molecule has 1 aromatic heterocycles. The Labute approximate surface area is 192 Å². The Balaban J connectivity index is 1.37. The Bertz CT molecular complexity index is 1150. The molecule has 2 amide bonds. The molecule has 8 nitrogen and oxygen atoms in total. The molecule has 2 N–H and O–H groups in total. The third-order valence-corrected chi connectivity index (χ3v) is 5.84. The lowest BCUT2D eigenvalue weighted by Gasteiger charge is -2.29. The van der Waals surface area contributed by atoms with Crippen LogP contribution in [-0.2, 0) is 11.4 Å². The van der Waals surface area contributed by atoms with Crippen molar-refractivity contribution in [3.8, 4) is 5.75 Å². The van der Waals surface area contributed by atoms with E-state index in [0.717, 1.165) is 16.6 Å². The zero-order valence-corrected chi connectivity index (χ0v) is 18.4. The van der Waals surface area contributed by atoms with Crippen LogP contribution in [0.3, 0.4) is 0 Å². The molecule has 2 atom stereocenters. The van der Waals surface area contributed by atoms with E-state index in [1.165, 1.54) is 9.80 Å². The van der Waals surface area contributed by atoms with Gasteiger partial charge in [-0.05, 0) is 42.7 Å². The summed E-state index contributed by atoms with van der Waals surface area (Å²) in [6.45, 7) is 0.730. The van der Waals surface area contributed by atoms with Crippen LogP contribution in [0, 0.1) is 0 Å². The number of urea groups is 1. The molecule has 0 spiro atoms. The summed E-state index contributed by atoms with van der Waals surface area (Å²) in [5.41, 5.74) is 2.30. The fraction of sp³-hybridized carbons (Fsp3) is 0.320. The normalized spacial score (nSPS) is 16.5. The number of carbonyl (C=O) groups is 2. The molecule has 3 aromatic rings. The number of likely N-dealkylation sites (N-methyl/N-ethyl adjacent to an activating group) is 1. The second kappa shape index (κ2) is 9.87. The van der Waals surface area contributed by atoms with Crippen LogP contribution >= 0.6 is 0 Å². The van der Waals surface area contributed by atoms with Gasteiger partial charge in [0.15, 0.2) is 0 Å². The number of ether oxygens (including phenoxy) is 1. The van der Waals surface area contributed by atoms with Gasteiger partial charge in [-0.15, -0.1) is 0 Å². The first-order valence-corrected chi connectivity index (χ1v) is 10.9. The Morgan fingerprint density at radius 2 is 2.00 bits per heavy atom. The summed E-state index contributed by atoms with van der Waals surface area (Å²) < 4.78 is 5.88. The van der Waals surface area contributed by atoms with Crippen LogP contribution in [-0.4, -0.2) is 63.2 Å². The minimum absolute atomic E-state index is 0.0390. The van der Waals surface area contributed by atoms with E-state index in [4.69, 9.17) is 4.74 Å². The van der Waals surface area contributed by atoms with Crippen molar-refractivity contribution in [1.29, 1.82) is 0 Å². The van der Waals surface area contributed by atoms with Crippen molar-refractivity contribution < 1.29 is 24.5 Å². The average Bonchev–Trinajstić information content (AvgIpc) is 3.32. The van der Waals surface area contributed by atoms with Crippen molar-refractivity contribution in [2.45, 2.75) is 31.6 Å². The number of para-hydroxylation sites is 1. The van der Waals surface area contributed by atoms with Gasteiger partial charge in [-0.2, -0.15) is 0 Å². The van der Waals surface area contributed by atoms with E-state index in [1.54, 1.807) is 31.3 Å². The molecule has 0 radical (unpaired) electrons. The summed E-state index contributed by atoms with van der Waals surface area (Å²) in [6, 6.07) is 17.7. The second-order valence-electron chi connectivity index (χ2n) is 8.23. The Morgan fingerprint density at radius 3 is 2.82 bits per heavy atom. The van der Waals surface area contributed by atoms with Crippen molar-refractivity contribution >= 4 is 22.9 Å². The van der Waals surface area contributed by atoms with E-state index in [-0.39, 0.29) is 13.2 Å². The van der Waals surface area contributed by atoms with Gasteiger partial charge >= 0.3 is 12.0 Å². The zero-order valence-electron chi connectivity index (χ0n) is 18.4. The van der Waals surface area contributed by atoms with Gasteiger partial charge in [-0.1, -0.05) is 36.4 Å². The topological polar surface area (TPSA) is 103 Å². The monoisotopic (exact) mass is 449 g/mol. The number of aliphatic hydroxyl groups is 1. The molecule has 0 aliphatic carbocycles. The molecule has 33 heavy (non-hydrogen) atoms. The third kappa shape index (κ3) is 5.23. The lowest BCUT2D eigenvalue weighted by molar-refractivity contribution is -0.141. The van der Waals surface area contributed by atoms with Gasteiger partial charge in [0.2, 0.25) is 0 Å². The highest BCUT2D eigenvalue weighted by atomic mass is 16.5. The number of aromatic nitrogens is 1. The number of rotatable bonds is 7. The molecule has 4 rings (SSSR count). The maximum atomic E-state index is 12.7. The molecule has 0 saturated carbocycles. The number of hydrogen-bond acceptors (Lipinski definition) is 5. The van der Waals surface area contributed by atoms with Crippen LogP contribution < -0.4 is 4.74 Å². The summed E-state index contributed by atoms with van der Waals surface area (Å²) in [7, 11) is 1.56. The van der Waals surface area contributed by atoms with Crippen LogP contribution in [0.1, 0.15) is 30.2 Å². The number of fused-ring (bicyclic) bond motifs is 1. The highest BCUT2D eigenvalue weighted by Gasteiger charge is 2.35. The fourth-order valence-electron chi connectivity index (χ4n) is 4.07. The minimum Gasteiger partial charge on any atom is -0.487 e. The molecule has 1 fully saturated rings. The summed E-state index contributed by atoms with van der Waals surface area (Å²) in [5.74, 6) is -0.415.